The molecule has 9 heteroatoms. The van der Waals surface area contributed by atoms with Crippen molar-refractivity contribution in [1.29, 1.82) is 0 Å². The number of carbonyl (C=O) groups excluding carboxylic acids is 1. The zero-order valence-corrected chi connectivity index (χ0v) is 19.7. The summed E-state index contributed by atoms with van der Waals surface area (Å²) in [5, 5.41) is 0. The smallest absolute Gasteiger partial charge is 0.337 e. The molecule has 0 bridgehead atoms. The highest BCUT2D eigenvalue weighted by atomic mass is 32.1. The molecule has 0 radical (unpaired) electrons. The normalized spacial score (nSPS) is 15.2. The first-order chi connectivity index (χ1) is 16.5. The number of nitrogens with zero attached hydrogens (tertiary/aromatic N) is 2. The van der Waals surface area contributed by atoms with Crippen molar-refractivity contribution >= 4 is 23.4 Å². The minimum absolute atomic E-state index is 0.217. The van der Waals surface area contributed by atoms with E-state index in [1.54, 1.807) is 36.4 Å². The summed E-state index contributed by atoms with van der Waals surface area (Å²) < 4.78 is 31.5. The maximum Gasteiger partial charge on any atom is 0.337 e. The molecule has 0 saturated heterocycles. The molecule has 1 atom stereocenters. The highest BCUT2D eigenvalue weighted by Gasteiger charge is 2.31. The van der Waals surface area contributed by atoms with Gasteiger partial charge < -0.3 is 14.2 Å². The first kappa shape index (κ1) is 23.4. The van der Waals surface area contributed by atoms with Crippen LogP contribution in [0.25, 0.3) is 6.08 Å². The Morgan fingerprint density at radius 2 is 1.82 bits per heavy atom. The molecule has 3 aromatic rings. The molecule has 0 spiro atoms. The second-order valence-electron chi connectivity index (χ2n) is 7.30. The van der Waals surface area contributed by atoms with E-state index in [0.29, 0.717) is 45.2 Å². The molecule has 2 aromatic carbocycles. The molecule has 7 nitrogen and oxygen atoms in total. The Hall–Kier alpha value is -3.72. The van der Waals surface area contributed by atoms with Crippen molar-refractivity contribution in [1.82, 2.24) is 4.57 Å². The van der Waals surface area contributed by atoms with Gasteiger partial charge in [0, 0.05) is 6.20 Å². The third-order valence-corrected chi connectivity index (χ3v) is 6.17. The van der Waals surface area contributed by atoms with E-state index in [2.05, 4.69) is 4.99 Å². The lowest BCUT2D eigenvalue weighted by Crippen LogP contribution is -2.39. The highest BCUT2D eigenvalue weighted by molar-refractivity contribution is 7.07. The molecule has 1 aromatic heterocycles. The predicted octanol–water partition coefficient (Wildman–Crippen LogP) is 2.95. The molecule has 0 fully saturated rings. The summed E-state index contributed by atoms with van der Waals surface area (Å²) in [6, 6.07) is 10.4. The lowest BCUT2D eigenvalue weighted by molar-refractivity contribution is -0.136. The molecular weight excluding hydrogens is 459 g/mol. The summed E-state index contributed by atoms with van der Waals surface area (Å²) in [6.45, 7) is 4.62. The SMILES string of the molecule is CCOc1ccc([C@@H]2C(C(=O)OC)=CN=c3s/c(=C\c4ccc(F)cc4)c(=O)n32)cc1OCC. The number of hydrogen-bond donors (Lipinski definition) is 0. The third kappa shape index (κ3) is 4.51. The van der Waals surface area contributed by atoms with Crippen LogP contribution in [0.5, 0.6) is 11.5 Å². The van der Waals surface area contributed by atoms with Crippen LogP contribution in [-0.4, -0.2) is 30.9 Å². The largest absolute Gasteiger partial charge is 0.490 e. The average molecular weight is 483 g/mol. The quantitative estimate of drug-likeness (QED) is 0.484. The molecule has 176 valence electrons. The summed E-state index contributed by atoms with van der Waals surface area (Å²) in [5.41, 5.74) is 1.22. The van der Waals surface area contributed by atoms with Gasteiger partial charge in [0.1, 0.15) is 5.82 Å². The van der Waals surface area contributed by atoms with Crippen LogP contribution in [0, 0.1) is 5.82 Å². The number of carbonyl (C=O) groups is 1. The van der Waals surface area contributed by atoms with Crippen LogP contribution in [0.2, 0.25) is 0 Å². The molecule has 4 rings (SSSR count). The summed E-state index contributed by atoms with van der Waals surface area (Å²) in [5.74, 6) is 0.132. The van der Waals surface area contributed by atoms with Crippen LogP contribution in [-0.2, 0) is 9.53 Å². The zero-order chi connectivity index (χ0) is 24.2. The molecule has 1 aliphatic heterocycles. The number of thiazole rings is 1. The molecule has 0 amide bonds. The van der Waals surface area contributed by atoms with Gasteiger partial charge in [-0.05, 0) is 55.3 Å². The molecule has 0 unspecified atom stereocenters. The molecule has 34 heavy (non-hydrogen) atoms. The maximum atomic E-state index is 13.5. The van der Waals surface area contributed by atoms with E-state index in [1.807, 2.05) is 13.8 Å². The lowest BCUT2D eigenvalue weighted by Gasteiger charge is -2.23. The van der Waals surface area contributed by atoms with E-state index in [9.17, 15) is 14.0 Å². The van der Waals surface area contributed by atoms with Gasteiger partial charge in [-0.15, -0.1) is 0 Å². The van der Waals surface area contributed by atoms with Gasteiger partial charge in [-0.2, -0.15) is 0 Å². The van der Waals surface area contributed by atoms with Crippen LogP contribution >= 0.6 is 11.3 Å². The Kier molecular flexibility index (Phi) is 6.93. The number of methoxy groups -OCH3 is 1. The van der Waals surface area contributed by atoms with Crippen molar-refractivity contribution < 1.29 is 23.4 Å². The van der Waals surface area contributed by atoms with Gasteiger partial charge in [-0.3, -0.25) is 9.36 Å². The second kappa shape index (κ2) is 10.0. The van der Waals surface area contributed by atoms with Crippen LogP contribution in [0.15, 0.2) is 64.0 Å². The number of ether oxygens (including phenoxy) is 3. The number of hydrogen-bond acceptors (Lipinski definition) is 7. The van der Waals surface area contributed by atoms with Crippen molar-refractivity contribution in [2.75, 3.05) is 20.3 Å². The molecular formula is C25H23FN2O5S. The van der Waals surface area contributed by atoms with Crippen LogP contribution in [0.4, 0.5) is 4.39 Å². The van der Waals surface area contributed by atoms with Gasteiger partial charge in [0.2, 0.25) is 0 Å². The van der Waals surface area contributed by atoms with Crippen molar-refractivity contribution in [3.8, 4) is 11.5 Å². The zero-order valence-electron chi connectivity index (χ0n) is 18.9. The van der Waals surface area contributed by atoms with Crippen molar-refractivity contribution in [2.45, 2.75) is 19.9 Å². The fraction of sp³-hybridized carbons (Fsp3) is 0.240. The fourth-order valence-corrected chi connectivity index (χ4v) is 4.67. The minimum Gasteiger partial charge on any atom is -0.490 e. The van der Waals surface area contributed by atoms with Crippen LogP contribution in [0.3, 0.4) is 0 Å². The van der Waals surface area contributed by atoms with E-state index in [4.69, 9.17) is 14.2 Å². The summed E-state index contributed by atoms with van der Waals surface area (Å²) in [4.78, 5) is 30.9. The predicted molar refractivity (Wildman–Crippen MR) is 126 cm³/mol. The van der Waals surface area contributed by atoms with Crippen molar-refractivity contribution in [3.05, 3.63) is 90.9 Å². The Balaban J connectivity index is 1.90. The van der Waals surface area contributed by atoms with Gasteiger partial charge in [0.05, 0.1) is 36.5 Å². The van der Waals surface area contributed by atoms with Crippen molar-refractivity contribution in [2.24, 2.45) is 4.99 Å². The van der Waals surface area contributed by atoms with E-state index in [-0.39, 0.29) is 16.9 Å². The third-order valence-electron chi connectivity index (χ3n) is 5.18. The van der Waals surface area contributed by atoms with Crippen LogP contribution < -0.4 is 24.4 Å². The Labute approximate surface area is 199 Å². The molecule has 2 heterocycles. The lowest BCUT2D eigenvalue weighted by atomic mass is 9.97. The monoisotopic (exact) mass is 482 g/mol. The summed E-state index contributed by atoms with van der Waals surface area (Å²) >= 11 is 1.19. The molecule has 0 N–H and O–H groups in total. The maximum absolute atomic E-state index is 13.5. The Bertz CT molecular complexity index is 1420. The number of halogens is 1. The summed E-state index contributed by atoms with van der Waals surface area (Å²) in [7, 11) is 1.28. The van der Waals surface area contributed by atoms with Gasteiger partial charge in [0.25, 0.3) is 5.56 Å². The molecule has 1 aliphatic rings. The Morgan fingerprint density at radius 3 is 2.50 bits per heavy atom. The van der Waals surface area contributed by atoms with Crippen molar-refractivity contribution in [3.63, 3.8) is 0 Å². The number of benzene rings is 2. The number of aromatic nitrogens is 1. The first-order valence-electron chi connectivity index (χ1n) is 10.7. The number of rotatable bonds is 7. The van der Waals surface area contributed by atoms with Crippen LogP contribution in [0.1, 0.15) is 31.0 Å². The topological polar surface area (TPSA) is 79.1 Å². The fourth-order valence-electron chi connectivity index (χ4n) is 3.70. The minimum atomic E-state index is -0.769. The average Bonchev–Trinajstić information content (AvgIpc) is 3.16. The van der Waals surface area contributed by atoms with E-state index in [1.165, 1.54) is 41.3 Å². The van der Waals surface area contributed by atoms with Gasteiger partial charge in [0.15, 0.2) is 16.3 Å². The summed E-state index contributed by atoms with van der Waals surface area (Å²) in [6.07, 6.45) is 3.10. The van der Waals surface area contributed by atoms with Gasteiger partial charge in [-0.25, -0.2) is 14.2 Å². The number of fused-ring (bicyclic) bond motifs is 1. The first-order valence-corrected chi connectivity index (χ1v) is 11.5. The van der Waals surface area contributed by atoms with E-state index >= 15 is 0 Å². The van der Waals surface area contributed by atoms with E-state index in [0.717, 1.165) is 0 Å². The Morgan fingerprint density at radius 1 is 1.12 bits per heavy atom. The second-order valence-corrected chi connectivity index (χ2v) is 8.31. The molecule has 0 aliphatic carbocycles. The van der Waals surface area contributed by atoms with Gasteiger partial charge >= 0.3 is 5.97 Å². The van der Waals surface area contributed by atoms with E-state index < -0.39 is 12.0 Å². The highest BCUT2D eigenvalue weighted by Crippen LogP contribution is 2.35. The standard InChI is InChI=1S/C25H23FN2O5S/c1-4-32-19-11-8-16(13-20(19)33-5-2)22-18(24(30)31-3)14-27-25-28(22)23(29)21(34-25)12-15-6-9-17(26)10-7-15/h6-14,22H,4-5H2,1-3H3/b21-12-/t22-/m1/s1. The van der Waals surface area contributed by atoms with Gasteiger partial charge in [-0.1, -0.05) is 29.5 Å². The number of esters is 1. The molecule has 0 saturated carbocycles.